The molecule has 2 N–H and O–H groups in total. The summed E-state index contributed by atoms with van der Waals surface area (Å²) in [6, 6.07) is 0.541. The van der Waals surface area contributed by atoms with Gasteiger partial charge in [0.1, 0.15) is 5.02 Å². The van der Waals surface area contributed by atoms with Gasteiger partial charge in [0.15, 0.2) is 5.82 Å². The Balaban J connectivity index is 2.46. The molecule has 0 spiro atoms. The third-order valence-electron chi connectivity index (χ3n) is 2.90. The standard InChI is InChI=1S/C11H19ClN4O/c1-4-8(2)16(3)6-5-13-10-9(12)11(17)15-7-14-10/h7-8H,4-6H2,1-3H3,(H2,13,14,15,17). The highest BCUT2D eigenvalue weighted by Crippen LogP contribution is 2.11. The number of aromatic amines is 1. The van der Waals surface area contributed by atoms with Crippen molar-refractivity contribution < 1.29 is 0 Å². The summed E-state index contributed by atoms with van der Waals surface area (Å²) in [6.45, 7) is 5.92. The maximum Gasteiger partial charge on any atom is 0.271 e. The summed E-state index contributed by atoms with van der Waals surface area (Å²) in [7, 11) is 2.07. The average Bonchev–Trinajstić information content (AvgIpc) is 2.33. The summed E-state index contributed by atoms with van der Waals surface area (Å²) >= 11 is 5.82. The molecule has 0 aliphatic rings. The zero-order valence-electron chi connectivity index (χ0n) is 10.5. The van der Waals surface area contributed by atoms with Crippen molar-refractivity contribution in [3.63, 3.8) is 0 Å². The Morgan fingerprint density at radius 3 is 3.00 bits per heavy atom. The van der Waals surface area contributed by atoms with E-state index >= 15 is 0 Å². The van der Waals surface area contributed by atoms with Crippen molar-refractivity contribution in [1.29, 1.82) is 0 Å². The van der Waals surface area contributed by atoms with Gasteiger partial charge in [-0.2, -0.15) is 0 Å². The summed E-state index contributed by atoms with van der Waals surface area (Å²) in [5, 5.41) is 3.17. The van der Waals surface area contributed by atoms with Crippen LogP contribution in [0.25, 0.3) is 0 Å². The van der Waals surface area contributed by atoms with Crippen LogP contribution in [-0.2, 0) is 0 Å². The molecule has 0 aliphatic carbocycles. The quantitative estimate of drug-likeness (QED) is 0.813. The molecule has 0 aromatic carbocycles. The van der Waals surface area contributed by atoms with E-state index in [2.05, 4.69) is 41.1 Å². The molecule has 1 aromatic heterocycles. The molecule has 0 radical (unpaired) electrons. The van der Waals surface area contributed by atoms with Gasteiger partial charge in [-0.05, 0) is 20.4 Å². The molecule has 0 aliphatic heterocycles. The van der Waals surface area contributed by atoms with Crippen molar-refractivity contribution in [2.24, 2.45) is 0 Å². The van der Waals surface area contributed by atoms with Crippen molar-refractivity contribution >= 4 is 17.4 Å². The predicted molar refractivity (Wildman–Crippen MR) is 70.7 cm³/mol. The molecule has 0 amide bonds. The number of aromatic nitrogens is 2. The molecule has 1 unspecified atom stereocenters. The number of hydrogen-bond acceptors (Lipinski definition) is 4. The van der Waals surface area contributed by atoms with Crippen LogP contribution in [0.1, 0.15) is 20.3 Å². The number of nitrogens with one attached hydrogen (secondary N) is 2. The normalized spacial score (nSPS) is 12.8. The highest BCUT2D eigenvalue weighted by Gasteiger charge is 2.08. The Bertz CT molecular complexity index is 407. The van der Waals surface area contributed by atoms with Crippen molar-refractivity contribution in [2.45, 2.75) is 26.3 Å². The van der Waals surface area contributed by atoms with Crippen LogP contribution in [0, 0.1) is 0 Å². The SMILES string of the molecule is CCC(C)N(C)CCNc1nc[nH]c(=O)c1Cl. The lowest BCUT2D eigenvalue weighted by molar-refractivity contribution is 0.261. The van der Waals surface area contributed by atoms with Crippen LogP contribution in [0.3, 0.4) is 0 Å². The Kier molecular flexibility index (Phi) is 5.44. The molecular formula is C11H19ClN4O. The van der Waals surface area contributed by atoms with E-state index in [9.17, 15) is 4.79 Å². The van der Waals surface area contributed by atoms with Crippen molar-refractivity contribution in [3.8, 4) is 0 Å². The van der Waals surface area contributed by atoms with Crippen LogP contribution in [0.4, 0.5) is 5.82 Å². The van der Waals surface area contributed by atoms with Gasteiger partial charge in [0.25, 0.3) is 5.56 Å². The Morgan fingerprint density at radius 1 is 1.65 bits per heavy atom. The van der Waals surface area contributed by atoms with Crippen LogP contribution < -0.4 is 10.9 Å². The zero-order valence-corrected chi connectivity index (χ0v) is 11.2. The summed E-state index contributed by atoms with van der Waals surface area (Å²) < 4.78 is 0. The lowest BCUT2D eigenvalue weighted by Gasteiger charge is -2.23. The van der Waals surface area contributed by atoms with Crippen molar-refractivity contribution in [1.82, 2.24) is 14.9 Å². The lowest BCUT2D eigenvalue weighted by atomic mass is 10.2. The van der Waals surface area contributed by atoms with E-state index in [0.29, 0.717) is 18.4 Å². The zero-order chi connectivity index (χ0) is 12.8. The largest absolute Gasteiger partial charge is 0.367 e. The average molecular weight is 259 g/mol. The maximum absolute atomic E-state index is 11.2. The number of likely N-dealkylation sites (N-methyl/N-ethyl adjacent to an activating group) is 1. The van der Waals surface area contributed by atoms with Gasteiger partial charge < -0.3 is 15.2 Å². The van der Waals surface area contributed by atoms with E-state index in [1.165, 1.54) is 6.33 Å². The fraction of sp³-hybridized carbons (Fsp3) is 0.636. The molecule has 1 heterocycles. The molecule has 6 heteroatoms. The second kappa shape index (κ2) is 6.61. The monoisotopic (exact) mass is 258 g/mol. The van der Waals surface area contributed by atoms with Gasteiger partial charge >= 0.3 is 0 Å². The Labute approximate surface area is 106 Å². The molecule has 1 rings (SSSR count). The molecule has 0 bridgehead atoms. The minimum atomic E-state index is -0.320. The third kappa shape index (κ3) is 4.02. The molecule has 5 nitrogen and oxygen atoms in total. The van der Waals surface area contributed by atoms with Gasteiger partial charge in [-0.3, -0.25) is 4.79 Å². The van der Waals surface area contributed by atoms with Gasteiger partial charge in [0.05, 0.1) is 6.33 Å². The summed E-state index contributed by atoms with van der Waals surface area (Å²) in [4.78, 5) is 19.9. The van der Waals surface area contributed by atoms with Crippen LogP contribution in [0.2, 0.25) is 5.02 Å². The first-order valence-electron chi connectivity index (χ1n) is 5.73. The van der Waals surface area contributed by atoms with Gasteiger partial charge in [0, 0.05) is 19.1 Å². The number of nitrogens with zero attached hydrogens (tertiary/aromatic N) is 2. The van der Waals surface area contributed by atoms with E-state index in [0.717, 1.165) is 13.0 Å². The molecule has 1 atom stereocenters. The lowest BCUT2D eigenvalue weighted by Crippen LogP contribution is -2.33. The Morgan fingerprint density at radius 2 is 2.35 bits per heavy atom. The topological polar surface area (TPSA) is 61.0 Å². The van der Waals surface area contributed by atoms with E-state index in [1.807, 2.05) is 0 Å². The number of halogens is 1. The van der Waals surface area contributed by atoms with Crippen LogP contribution in [0.5, 0.6) is 0 Å². The number of H-pyrrole nitrogens is 1. The smallest absolute Gasteiger partial charge is 0.271 e. The molecular weight excluding hydrogens is 240 g/mol. The van der Waals surface area contributed by atoms with Crippen LogP contribution >= 0.6 is 11.6 Å². The van der Waals surface area contributed by atoms with Gasteiger partial charge in [-0.1, -0.05) is 18.5 Å². The first-order valence-corrected chi connectivity index (χ1v) is 6.11. The maximum atomic E-state index is 11.2. The van der Waals surface area contributed by atoms with Crippen LogP contribution in [0.15, 0.2) is 11.1 Å². The fourth-order valence-corrected chi connectivity index (χ4v) is 1.56. The molecule has 0 saturated carbocycles. The highest BCUT2D eigenvalue weighted by molar-refractivity contribution is 6.32. The van der Waals surface area contributed by atoms with Crippen LogP contribution in [-0.4, -0.2) is 41.0 Å². The Hall–Kier alpha value is -1.07. The second-order valence-corrected chi connectivity index (χ2v) is 4.44. The number of rotatable bonds is 6. The van der Waals surface area contributed by atoms with Gasteiger partial charge in [0.2, 0.25) is 0 Å². The molecule has 17 heavy (non-hydrogen) atoms. The van der Waals surface area contributed by atoms with E-state index in [-0.39, 0.29) is 10.6 Å². The third-order valence-corrected chi connectivity index (χ3v) is 3.25. The molecule has 96 valence electrons. The minimum absolute atomic E-state index is 0.110. The molecule has 1 aromatic rings. The summed E-state index contributed by atoms with van der Waals surface area (Å²) in [5.74, 6) is 0.438. The fourth-order valence-electron chi connectivity index (χ4n) is 1.39. The molecule has 0 fully saturated rings. The highest BCUT2D eigenvalue weighted by atomic mass is 35.5. The first kappa shape index (κ1) is 14.0. The van der Waals surface area contributed by atoms with Crippen molar-refractivity contribution in [2.75, 3.05) is 25.5 Å². The van der Waals surface area contributed by atoms with Gasteiger partial charge in [-0.15, -0.1) is 0 Å². The van der Waals surface area contributed by atoms with Crippen molar-refractivity contribution in [3.05, 3.63) is 21.7 Å². The number of anilines is 1. The van der Waals surface area contributed by atoms with Gasteiger partial charge in [-0.25, -0.2) is 4.98 Å². The first-order chi connectivity index (χ1) is 8.06. The predicted octanol–water partition coefficient (Wildman–Crippen LogP) is 1.57. The number of hydrogen-bond donors (Lipinski definition) is 2. The van der Waals surface area contributed by atoms with E-state index in [1.54, 1.807) is 0 Å². The van der Waals surface area contributed by atoms with E-state index < -0.39 is 0 Å². The summed E-state index contributed by atoms with van der Waals surface area (Å²) in [6.07, 6.45) is 2.45. The minimum Gasteiger partial charge on any atom is -0.367 e. The van der Waals surface area contributed by atoms with E-state index in [4.69, 9.17) is 11.6 Å². The second-order valence-electron chi connectivity index (χ2n) is 4.06. The summed E-state index contributed by atoms with van der Waals surface area (Å²) in [5.41, 5.74) is -0.320. The molecule has 0 saturated heterocycles.